The van der Waals surface area contributed by atoms with Crippen LogP contribution in [0.1, 0.15) is 48.5 Å². The van der Waals surface area contributed by atoms with Crippen molar-refractivity contribution in [2.24, 2.45) is 4.99 Å². The van der Waals surface area contributed by atoms with E-state index in [4.69, 9.17) is 32.4 Å². The zero-order valence-corrected chi connectivity index (χ0v) is 23.8. The number of thiazole rings is 1. The van der Waals surface area contributed by atoms with Crippen LogP contribution < -0.4 is 14.9 Å². The van der Waals surface area contributed by atoms with E-state index in [1.54, 1.807) is 63.2 Å². The van der Waals surface area contributed by atoms with Crippen LogP contribution in [0.15, 0.2) is 80.1 Å². The van der Waals surface area contributed by atoms with Crippen LogP contribution in [0.5, 0.6) is 0 Å². The van der Waals surface area contributed by atoms with Gasteiger partial charge in [0.1, 0.15) is 11.5 Å². The minimum absolute atomic E-state index is 0.0648. The standard InChI is InChI=1S/C29H22Cl2N2O6S/c1-14(2)38-28(37)24-15(3)32-29-33(25(24)16-4-7-18(30)8-5-16)26(34)23(40-29)13-19-9-11-22(39-19)20-12-17(27(35)36)6-10-21(20)31/h4-14,25H,1-3H3,(H,35,36). The van der Waals surface area contributed by atoms with Gasteiger partial charge in [0.2, 0.25) is 0 Å². The molecule has 1 aliphatic heterocycles. The van der Waals surface area contributed by atoms with Crippen molar-refractivity contribution in [2.45, 2.75) is 32.9 Å². The third kappa shape index (κ3) is 5.28. The Morgan fingerprint density at radius 3 is 2.52 bits per heavy atom. The number of allylic oxidation sites excluding steroid dienone is 1. The van der Waals surface area contributed by atoms with E-state index in [9.17, 15) is 19.5 Å². The van der Waals surface area contributed by atoms with Gasteiger partial charge in [0, 0.05) is 16.7 Å². The molecule has 2 aromatic carbocycles. The Morgan fingerprint density at radius 2 is 1.85 bits per heavy atom. The maximum absolute atomic E-state index is 13.8. The molecule has 0 amide bonds. The molecule has 0 fully saturated rings. The fourth-order valence-corrected chi connectivity index (χ4v) is 5.74. The number of hydrogen-bond donors (Lipinski definition) is 1. The van der Waals surface area contributed by atoms with Crippen molar-refractivity contribution in [2.75, 3.05) is 0 Å². The molecule has 1 N–H and O–H groups in total. The number of aromatic carboxylic acids is 1. The van der Waals surface area contributed by atoms with E-state index < -0.39 is 18.0 Å². The first-order valence-electron chi connectivity index (χ1n) is 12.2. The Hall–Kier alpha value is -3.92. The lowest BCUT2D eigenvalue weighted by Gasteiger charge is -2.25. The van der Waals surface area contributed by atoms with Crippen LogP contribution in [0, 0.1) is 0 Å². The largest absolute Gasteiger partial charge is 0.478 e. The number of nitrogens with zero attached hydrogens (tertiary/aromatic N) is 2. The first kappa shape index (κ1) is 27.6. The van der Waals surface area contributed by atoms with E-state index in [2.05, 4.69) is 4.99 Å². The summed E-state index contributed by atoms with van der Waals surface area (Å²) in [6.07, 6.45) is 1.22. The van der Waals surface area contributed by atoms with Gasteiger partial charge in [0.25, 0.3) is 5.56 Å². The molecule has 1 atom stereocenters. The molecule has 8 nitrogen and oxygen atoms in total. The maximum atomic E-state index is 13.8. The minimum atomic E-state index is -1.09. The van der Waals surface area contributed by atoms with Gasteiger partial charge < -0.3 is 14.3 Å². The Labute approximate surface area is 242 Å². The number of halogens is 2. The number of esters is 1. The number of carboxylic acid groups (broad SMARTS) is 1. The monoisotopic (exact) mass is 596 g/mol. The summed E-state index contributed by atoms with van der Waals surface area (Å²) in [6, 6.07) is 13.8. The maximum Gasteiger partial charge on any atom is 0.338 e. The van der Waals surface area contributed by atoms with Gasteiger partial charge in [-0.15, -0.1) is 0 Å². The molecule has 0 saturated carbocycles. The Kier molecular flexibility index (Phi) is 7.55. The number of rotatable bonds is 6. The molecule has 1 aliphatic rings. The van der Waals surface area contributed by atoms with Crippen molar-refractivity contribution in [1.29, 1.82) is 0 Å². The average molecular weight is 597 g/mol. The summed E-state index contributed by atoms with van der Waals surface area (Å²) < 4.78 is 13.2. The molecule has 2 aromatic heterocycles. The van der Waals surface area contributed by atoms with E-state index in [0.29, 0.717) is 47.7 Å². The van der Waals surface area contributed by atoms with Gasteiger partial charge in [-0.3, -0.25) is 9.36 Å². The van der Waals surface area contributed by atoms with Crippen LogP contribution in [0.3, 0.4) is 0 Å². The number of furan rings is 1. The molecule has 0 spiro atoms. The fraction of sp³-hybridized carbons (Fsp3) is 0.172. The number of fused-ring (bicyclic) bond motifs is 1. The first-order valence-corrected chi connectivity index (χ1v) is 13.7. The molecule has 0 saturated heterocycles. The van der Waals surface area contributed by atoms with Gasteiger partial charge in [0.05, 0.1) is 38.5 Å². The van der Waals surface area contributed by atoms with Crippen molar-refractivity contribution in [3.8, 4) is 11.3 Å². The van der Waals surface area contributed by atoms with Crippen molar-refractivity contribution in [1.82, 2.24) is 4.57 Å². The summed E-state index contributed by atoms with van der Waals surface area (Å²) in [5.74, 6) is -0.939. The number of carbonyl (C=O) groups excluding carboxylic acids is 1. The Bertz CT molecular complexity index is 1870. The van der Waals surface area contributed by atoms with E-state index in [-0.39, 0.29) is 22.8 Å². The van der Waals surface area contributed by atoms with Crippen molar-refractivity contribution >= 4 is 52.6 Å². The number of hydrogen-bond acceptors (Lipinski definition) is 7. The molecule has 4 aromatic rings. The molecule has 0 radical (unpaired) electrons. The zero-order valence-electron chi connectivity index (χ0n) is 21.5. The van der Waals surface area contributed by atoms with Gasteiger partial charge in [-0.1, -0.05) is 46.7 Å². The highest BCUT2D eigenvalue weighted by molar-refractivity contribution is 7.07. The molecule has 3 heterocycles. The molecule has 204 valence electrons. The lowest BCUT2D eigenvalue weighted by Crippen LogP contribution is -2.40. The number of carbonyl (C=O) groups is 2. The van der Waals surface area contributed by atoms with Crippen LogP contribution in [0.4, 0.5) is 0 Å². The molecule has 0 aliphatic carbocycles. The second-order valence-corrected chi connectivity index (χ2v) is 11.1. The average Bonchev–Trinajstić information content (AvgIpc) is 3.47. The lowest BCUT2D eigenvalue weighted by molar-refractivity contribution is -0.143. The summed E-state index contributed by atoms with van der Waals surface area (Å²) in [5.41, 5.74) is 1.50. The van der Waals surface area contributed by atoms with Crippen molar-refractivity contribution in [3.63, 3.8) is 0 Å². The second-order valence-electron chi connectivity index (χ2n) is 9.29. The molecule has 0 bridgehead atoms. The van der Waals surface area contributed by atoms with Crippen molar-refractivity contribution in [3.05, 3.63) is 112 Å². The van der Waals surface area contributed by atoms with Gasteiger partial charge in [-0.2, -0.15) is 0 Å². The molecule has 40 heavy (non-hydrogen) atoms. The number of carboxylic acids is 1. The van der Waals surface area contributed by atoms with Crippen LogP contribution in [-0.4, -0.2) is 27.7 Å². The van der Waals surface area contributed by atoms with Gasteiger partial charge in [0.15, 0.2) is 4.80 Å². The van der Waals surface area contributed by atoms with Crippen LogP contribution in [0.2, 0.25) is 10.0 Å². The summed E-state index contributed by atoms with van der Waals surface area (Å²) in [7, 11) is 0. The van der Waals surface area contributed by atoms with E-state index in [0.717, 1.165) is 11.3 Å². The topological polar surface area (TPSA) is 111 Å². The smallest absolute Gasteiger partial charge is 0.338 e. The molecular weight excluding hydrogens is 575 g/mol. The Morgan fingerprint density at radius 1 is 1.12 bits per heavy atom. The van der Waals surface area contributed by atoms with Gasteiger partial charge >= 0.3 is 11.9 Å². The second kappa shape index (κ2) is 10.9. The highest BCUT2D eigenvalue weighted by Crippen LogP contribution is 2.32. The van der Waals surface area contributed by atoms with Gasteiger partial charge in [-0.25, -0.2) is 14.6 Å². The predicted octanol–water partition coefficient (Wildman–Crippen LogP) is 5.45. The molecular formula is C29H22Cl2N2O6S. The summed E-state index contributed by atoms with van der Waals surface area (Å²) in [4.78, 5) is 43.3. The van der Waals surface area contributed by atoms with E-state index in [1.165, 1.54) is 22.8 Å². The Balaban J connectivity index is 1.62. The summed E-state index contributed by atoms with van der Waals surface area (Å²) in [6.45, 7) is 5.22. The number of benzene rings is 2. The normalized spacial score (nSPS) is 15.2. The van der Waals surface area contributed by atoms with Crippen molar-refractivity contribution < 1.29 is 23.8 Å². The van der Waals surface area contributed by atoms with Gasteiger partial charge in [-0.05, 0) is 68.8 Å². The zero-order chi connectivity index (χ0) is 28.7. The van der Waals surface area contributed by atoms with E-state index >= 15 is 0 Å². The minimum Gasteiger partial charge on any atom is -0.478 e. The SMILES string of the molecule is CC1=C(C(=O)OC(C)C)C(c2ccc(Cl)cc2)n2c(sc(=Cc3ccc(-c4cc(C(=O)O)ccc4Cl)o3)c2=O)=N1. The molecule has 11 heteroatoms. The molecule has 5 rings (SSSR count). The highest BCUT2D eigenvalue weighted by atomic mass is 35.5. The summed E-state index contributed by atoms with van der Waals surface area (Å²) >= 11 is 13.6. The predicted molar refractivity (Wildman–Crippen MR) is 153 cm³/mol. The summed E-state index contributed by atoms with van der Waals surface area (Å²) in [5, 5.41) is 10.2. The first-order chi connectivity index (χ1) is 19.0. The fourth-order valence-electron chi connectivity index (χ4n) is 4.37. The molecule has 1 unspecified atom stereocenters. The number of aromatic nitrogens is 1. The van der Waals surface area contributed by atoms with E-state index in [1.807, 2.05) is 0 Å². The quantitative estimate of drug-likeness (QED) is 0.296. The third-order valence-corrected chi connectivity index (χ3v) is 7.71. The van der Waals surface area contributed by atoms with Crippen LogP contribution in [0.25, 0.3) is 17.4 Å². The van der Waals surface area contributed by atoms with Crippen LogP contribution in [-0.2, 0) is 9.53 Å². The van der Waals surface area contributed by atoms with Crippen LogP contribution >= 0.6 is 34.5 Å². The number of ether oxygens (including phenoxy) is 1. The third-order valence-electron chi connectivity index (χ3n) is 6.15. The lowest BCUT2D eigenvalue weighted by atomic mass is 9.96. The highest BCUT2D eigenvalue weighted by Gasteiger charge is 2.33.